The molecule has 0 aliphatic rings. The minimum atomic E-state index is -0.254. The summed E-state index contributed by atoms with van der Waals surface area (Å²) in [6, 6.07) is 22.6. The lowest BCUT2D eigenvalue weighted by Gasteiger charge is -2.06. The van der Waals surface area contributed by atoms with Gasteiger partial charge in [0.15, 0.2) is 5.69 Å². The fourth-order valence-electron chi connectivity index (χ4n) is 3.07. The molecule has 0 aliphatic carbocycles. The first-order valence-electron chi connectivity index (χ1n) is 9.74. The highest BCUT2D eigenvalue weighted by Crippen LogP contribution is 2.16. The number of aromatic nitrogens is 3. The normalized spacial score (nSPS) is 10.7. The van der Waals surface area contributed by atoms with E-state index in [2.05, 4.69) is 25.8 Å². The Balaban J connectivity index is 1.22. The minimum Gasteiger partial charge on any atom is -0.351 e. The second-order valence-electron chi connectivity index (χ2n) is 6.79. The Morgan fingerprint density at radius 3 is 2.30 bits per heavy atom. The second-order valence-corrected chi connectivity index (χ2v) is 6.79. The summed E-state index contributed by atoms with van der Waals surface area (Å²) in [6.45, 7) is 0.862. The van der Waals surface area contributed by atoms with Crippen LogP contribution >= 0.6 is 0 Å². The molecule has 7 nitrogen and oxygen atoms in total. The van der Waals surface area contributed by atoms with Crippen LogP contribution in [0, 0.1) is 0 Å². The first kappa shape index (κ1) is 19.3. The fraction of sp³-hybridized carbons (Fsp3) is 0.130. The van der Waals surface area contributed by atoms with E-state index in [-0.39, 0.29) is 11.8 Å². The number of para-hydroxylation sites is 1. The Morgan fingerprint density at radius 2 is 1.50 bits per heavy atom. The third kappa shape index (κ3) is 4.52. The van der Waals surface area contributed by atoms with Crippen molar-refractivity contribution in [2.45, 2.75) is 6.42 Å². The summed E-state index contributed by atoms with van der Waals surface area (Å²) < 4.78 is 0. The van der Waals surface area contributed by atoms with Gasteiger partial charge in [-0.2, -0.15) is 5.10 Å². The standard InChI is InChI=1S/C23H21N5O2/c29-22(19-12-11-17-9-4-5-10-18(17)26-19)24-13-6-14-25-23(30)21-15-20(27-28-21)16-7-2-1-3-8-16/h1-5,7-12,15H,6,13-14H2,(H,24,29)(H,25,30)(H,27,28). The van der Waals surface area contributed by atoms with E-state index in [1.54, 1.807) is 12.1 Å². The Hall–Kier alpha value is -4.00. The summed E-state index contributed by atoms with van der Waals surface area (Å²) in [7, 11) is 0. The molecule has 2 aromatic carbocycles. The van der Waals surface area contributed by atoms with Gasteiger partial charge >= 0.3 is 0 Å². The molecule has 0 unspecified atom stereocenters. The molecule has 7 heteroatoms. The molecule has 0 atom stereocenters. The van der Waals surface area contributed by atoms with E-state index < -0.39 is 0 Å². The number of amides is 2. The zero-order chi connectivity index (χ0) is 20.8. The summed E-state index contributed by atoms with van der Waals surface area (Å²) in [4.78, 5) is 28.9. The van der Waals surface area contributed by atoms with Crippen molar-refractivity contribution >= 4 is 22.7 Å². The van der Waals surface area contributed by atoms with Gasteiger partial charge in [-0.25, -0.2) is 4.98 Å². The van der Waals surface area contributed by atoms with Crippen molar-refractivity contribution in [2.75, 3.05) is 13.1 Å². The molecule has 0 fully saturated rings. The van der Waals surface area contributed by atoms with Gasteiger partial charge in [0, 0.05) is 18.5 Å². The first-order chi connectivity index (χ1) is 14.7. The van der Waals surface area contributed by atoms with Crippen LogP contribution in [0.15, 0.2) is 72.8 Å². The van der Waals surface area contributed by atoms with E-state index in [4.69, 9.17) is 0 Å². The van der Waals surface area contributed by atoms with Crippen molar-refractivity contribution in [1.29, 1.82) is 0 Å². The van der Waals surface area contributed by atoms with Crippen LogP contribution in [0.25, 0.3) is 22.2 Å². The van der Waals surface area contributed by atoms with E-state index in [1.165, 1.54) is 0 Å². The number of hydrogen-bond donors (Lipinski definition) is 3. The molecular formula is C23H21N5O2. The number of carbonyl (C=O) groups excluding carboxylic acids is 2. The molecule has 0 spiro atoms. The van der Waals surface area contributed by atoms with Crippen molar-refractivity contribution < 1.29 is 9.59 Å². The molecule has 4 aromatic rings. The molecule has 2 heterocycles. The van der Waals surface area contributed by atoms with Gasteiger partial charge < -0.3 is 10.6 Å². The fourth-order valence-corrected chi connectivity index (χ4v) is 3.07. The predicted molar refractivity (Wildman–Crippen MR) is 115 cm³/mol. The number of rotatable bonds is 7. The van der Waals surface area contributed by atoms with E-state index in [0.29, 0.717) is 30.9 Å². The number of fused-ring (bicyclic) bond motifs is 1. The second kappa shape index (κ2) is 9.00. The Kier molecular flexibility index (Phi) is 5.80. The number of benzene rings is 2. The average molecular weight is 399 g/mol. The van der Waals surface area contributed by atoms with Crippen molar-refractivity contribution in [3.8, 4) is 11.3 Å². The van der Waals surface area contributed by atoms with E-state index in [1.807, 2.05) is 60.7 Å². The highest BCUT2D eigenvalue weighted by atomic mass is 16.2. The maximum Gasteiger partial charge on any atom is 0.271 e. The van der Waals surface area contributed by atoms with Gasteiger partial charge in [-0.1, -0.05) is 54.6 Å². The van der Waals surface area contributed by atoms with Crippen molar-refractivity contribution in [2.24, 2.45) is 0 Å². The molecule has 0 radical (unpaired) electrons. The van der Waals surface area contributed by atoms with E-state index in [0.717, 1.165) is 22.2 Å². The van der Waals surface area contributed by atoms with Gasteiger partial charge in [-0.3, -0.25) is 14.7 Å². The SMILES string of the molecule is O=C(NCCCNC(=O)c1ccc2ccccc2n1)c1cc(-c2ccccc2)[nH]n1. The van der Waals surface area contributed by atoms with E-state index >= 15 is 0 Å². The quantitative estimate of drug-likeness (QED) is 0.416. The molecule has 3 N–H and O–H groups in total. The monoisotopic (exact) mass is 399 g/mol. The Morgan fingerprint density at radius 1 is 0.800 bits per heavy atom. The van der Waals surface area contributed by atoms with Crippen molar-refractivity contribution in [3.05, 3.63) is 84.2 Å². The summed E-state index contributed by atoms with van der Waals surface area (Å²) in [5.41, 5.74) is 3.25. The molecule has 2 amide bonds. The molecule has 0 aliphatic heterocycles. The van der Waals surface area contributed by atoms with Gasteiger partial charge in [-0.05, 0) is 30.2 Å². The summed E-state index contributed by atoms with van der Waals surface area (Å²) in [6.07, 6.45) is 0.598. The molecule has 0 saturated carbocycles. The molecule has 150 valence electrons. The maximum absolute atomic E-state index is 12.3. The van der Waals surface area contributed by atoms with Gasteiger partial charge in [0.05, 0.1) is 11.2 Å². The number of aromatic amines is 1. The van der Waals surface area contributed by atoms with Crippen LogP contribution in [0.3, 0.4) is 0 Å². The number of pyridine rings is 1. The molecular weight excluding hydrogens is 378 g/mol. The van der Waals surface area contributed by atoms with Crippen LogP contribution in [0.5, 0.6) is 0 Å². The minimum absolute atomic E-state index is 0.230. The lowest BCUT2D eigenvalue weighted by Crippen LogP contribution is -2.30. The number of nitrogens with one attached hydrogen (secondary N) is 3. The molecule has 0 saturated heterocycles. The van der Waals surface area contributed by atoms with E-state index in [9.17, 15) is 9.59 Å². The number of carbonyl (C=O) groups is 2. The highest BCUT2D eigenvalue weighted by Gasteiger charge is 2.11. The number of nitrogens with zero attached hydrogens (tertiary/aromatic N) is 2. The summed E-state index contributed by atoms with van der Waals surface area (Å²) >= 11 is 0. The van der Waals surface area contributed by atoms with Gasteiger partial charge in [0.25, 0.3) is 11.8 Å². The zero-order valence-corrected chi connectivity index (χ0v) is 16.3. The Labute approximate surface area is 173 Å². The molecule has 2 aromatic heterocycles. The van der Waals surface area contributed by atoms with Gasteiger partial charge in [0.1, 0.15) is 5.69 Å². The van der Waals surface area contributed by atoms with Crippen LogP contribution in [-0.2, 0) is 0 Å². The molecule has 4 rings (SSSR count). The summed E-state index contributed by atoms with van der Waals surface area (Å²) in [5.74, 6) is -0.483. The smallest absolute Gasteiger partial charge is 0.271 e. The first-order valence-corrected chi connectivity index (χ1v) is 9.74. The Bertz CT molecular complexity index is 1170. The summed E-state index contributed by atoms with van der Waals surface area (Å²) in [5, 5.41) is 13.6. The molecule has 30 heavy (non-hydrogen) atoms. The number of H-pyrrole nitrogens is 1. The molecule has 0 bridgehead atoms. The maximum atomic E-state index is 12.3. The largest absolute Gasteiger partial charge is 0.351 e. The average Bonchev–Trinajstić information content (AvgIpc) is 3.29. The van der Waals surface area contributed by atoms with Gasteiger partial charge in [-0.15, -0.1) is 0 Å². The van der Waals surface area contributed by atoms with Gasteiger partial charge in [0.2, 0.25) is 0 Å². The van der Waals surface area contributed by atoms with Crippen molar-refractivity contribution in [1.82, 2.24) is 25.8 Å². The van der Waals surface area contributed by atoms with Crippen LogP contribution in [-0.4, -0.2) is 40.1 Å². The van der Waals surface area contributed by atoms with Crippen LogP contribution in [0.1, 0.15) is 27.4 Å². The lowest BCUT2D eigenvalue weighted by molar-refractivity contribution is 0.0946. The third-order valence-corrected chi connectivity index (χ3v) is 4.65. The highest BCUT2D eigenvalue weighted by molar-refractivity contribution is 5.95. The predicted octanol–water partition coefficient (Wildman–Crippen LogP) is 3.17. The van der Waals surface area contributed by atoms with Crippen molar-refractivity contribution in [3.63, 3.8) is 0 Å². The zero-order valence-electron chi connectivity index (χ0n) is 16.3. The van der Waals surface area contributed by atoms with Crippen LogP contribution in [0.2, 0.25) is 0 Å². The number of hydrogen-bond acceptors (Lipinski definition) is 4. The van der Waals surface area contributed by atoms with Crippen LogP contribution < -0.4 is 10.6 Å². The van der Waals surface area contributed by atoms with Crippen LogP contribution in [0.4, 0.5) is 0 Å². The topological polar surface area (TPSA) is 99.8 Å². The third-order valence-electron chi connectivity index (χ3n) is 4.65. The lowest BCUT2D eigenvalue weighted by atomic mass is 10.1.